The fourth-order valence-electron chi connectivity index (χ4n) is 3.01. The van der Waals surface area contributed by atoms with E-state index in [0.717, 1.165) is 0 Å². The quantitative estimate of drug-likeness (QED) is 0.427. The van der Waals surface area contributed by atoms with Gasteiger partial charge in [0.15, 0.2) is 33.8 Å². The SMILES string of the molecule is CCOC1=NC(c2nc3nc(Cl)c(NPC)nc3n2-c2c(O)cccc2OC)=C=C=C1. The Balaban J connectivity index is 2.07. The molecule has 2 N–H and O–H groups in total. The lowest BCUT2D eigenvalue weighted by molar-refractivity contribution is 0.330. The summed E-state index contributed by atoms with van der Waals surface area (Å²) in [5.41, 5.74) is 7.12. The molecule has 0 radical (unpaired) electrons. The third-order valence-electron chi connectivity index (χ3n) is 4.23. The molecule has 158 valence electrons. The number of hydrogen-bond acceptors (Lipinski definition) is 8. The Labute approximate surface area is 184 Å². The second kappa shape index (κ2) is 8.80. The van der Waals surface area contributed by atoms with E-state index in [1.807, 2.05) is 13.6 Å². The Morgan fingerprint density at radius 2 is 2.13 bits per heavy atom. The third-order valence-corrected chi connectivity index (χ3v) is 4.98. The molecule has 0 fully saturated rings. The summed E-state index contributed by atoms with van der Waals surface area (Å²) in [6.07, 6.45) is 1.58. The average molecular weight is 457 g/mol. The molecule has 31 heavy (non-hydrogen) atoms. The number of fused-ring (bicyclic) bond motifs is 1. The van der Waals surface area contributed by atoms with Crippen molar-refractivity contribution in [3.05, 3.63) is 46.7 Å². The maximum absolute atomic E-state index is 10.7. The number of ether oxygens (including phenoxy) is 2. The highest BCUT2D eigenvalue weighted by molar-refractivity contribution is 7.38. The topological polar surface area (TPSA) is 107 Å². The van der Waals surface area contributed by atoms with E-state index in [0.29, 0.717) is 55.7 Å². The van der Waals surface area contributed by atoms with Crippen LogP contribution in [0, 0.1) is 0 Å². The van der Waals surface area contributed by atoms with Crippen molar-refractivity contribution in [1.29, 1.82) is 0 Å². The van der Waals surface area contributed by atoms with Crippen molar-refractivity contribution < 1.29 is 14.6 Å². The molecule has 1 aromatic carbocycles. The molecule has 0 bridgehead atoms. The number of nitrogens with zero attached hydrogens (tertiary/aromatic N) is 5. The number of phenols is 1. The molecular weight excluding hydrogens is 439 g/mol. The Hall–Kier alpha value is -3.34. The van der Waals surface area contributed by atoms with E-state index in [1.54, 1.807) is 28.8 Å². The normalized spacial score (nSPS) is 13.0. The average Bonchev–Trinajstić information content (AvgIpc) is 3.12. The molecular formula is C20H18ClN6O3P. The molecule has 1 aliphatic rings. The van der Waals surface area contributed by atoms with Gasteiger partial charge in [0.05, 0.1) is 19.8 Å². The van der Waals surface area contributed by atoms with Crippen LogP contribution in [0.2, 0.25) is 5.15 Å². The summed E-state index contributed by atoms with van der Waals surface area (Å²) in [5.74, 6) is 1.47. The molecule has 11 heteroatoms. The molecule has 3 heterocycles. The largest absolute Gasteiger partial charge is 0.506 e. The number of methoxy groups -OCH3 is 1. The first kappa shape index (κ1) is 20.9. The van der Waals surface area contributed by atoms with Crippen LogP contribution in [0.15, 0.2) is 40.7 Å². The number of para-hydroxylation sites is 1. The van der Waals surface area contributed by atoms with Crippen LogP contribution in [0.5, 0.6) is 11.5 Å². The zero-order chi connectivity index (χ0) is 22.0. The molecule has 0 saturated heterocycles. The molecule has 0 saturated carbocycles. The van der Waals surface area contributed by atoms with Crippen molar-refractivity contribution in [2.24, 2.45) is 4.99 Å². The van der Waals surface area contributed by atoms with E-state index in [9.17, 15) is 5.11 Å². The van der Waals surface area contributed by atoms with Gasteiger partial charge in [0.2, 0.25) is 5.90 Å². The number of anilines is 1. The summed E-state index contributed by atoms with van der Waals surface area (Å²) in [4.78, 5) is 18.0. The summed E-state index contributed by atoms with van der Waals surface area (Å²) in [6.45, 7) is 4.25. The number of rotatable bonds is 6. The summed E-state index contributed by atoms with van der Waals surface area (Å²) in [7, 11) is 1.87. The van der Waals surface area contributed by atoms with Crippen LogP contribution >= 0.6 is 20.3 Å². The summed E-state index contributed by atoms with van der Waals surface area (Å²) in [5, 5.41) is 14.0. The van der Waals surface area contributed by atoms with E-state index in [2.05, 4.69) is 36.5 Å². The monoisotopic (exact) mass is 456 g/mol. The number of aromatic hydroxyl groups is 1. The van der Waals surface area contributed by atoms with Crippen LogP contribution in [0.4, 0.5) is 5.82 Å². The Morgan fingerprint density at radius 1 is 1.29 bits per heavy atom. The molecule has 0 amide bonds. The minimum Gasteiger partial charge on any atom is -0.506 e. The number of aliphatic imine (C=N–C) groups is 1. The number of phenolic OH excluding ortho intramolecular Hbond substituents is 1. The van der Waals surface area contributed by atoms with Crippen LogP contribution in [0.3, 0.4) is 0 Å². The number of imidazole rings is 1. The van der Waals surface area contributed by atoms with Crippen LogP contribution < -0.4 is 9.82 Å². The van der Waals surface area contributed by atoms with Crippen molar-refractivity contribution in [2.75, 3.05) is 25.5 Å². The van der Waals surface area contributed by atoms with E-state index >= 15 is 0 Å². The standard InChI is InChI=1S/C20H18ClN6O3P/c1-4-30-14-10-5-7-11(22-14)19-25-18-20(24-17(26-31-3)16(21)23-18)27(19)15-12(28)8-6-9-13(15)29-2/h6,8-10,28,31H,4H2,1-3H3,(H,24,26). The predicted octanol–water partition coefficient (Wildman–Crippen LogP) is 3.92. The highest BCUT2D eigenvalue weighted by Gasteiger charge is 2.25. The van der Waals surface area contributed by atoms with E-state index in [4.69, 9.17) is 21.1 Å². The lowest BCUT2D eigenvalue weighted by atomic mass is 10.2. The van der Waals surface area contributed by atoms with E-state index in [1.165, 1.54) is 7.11 Å². The number of hydrogen-bond donors (Lipinski definition) is 2. The Kier molecular flexibility index (Phi) is 5.94. The lowest BCUT2D eigenvalue weighted by Gasteiger charge is -2.14. The molecule has 0 aliphatic carbocycles. The molecule has 4 rings (SSSR count). The van der Waals surface area contributed by atoms with Crippen molar-refractivity contribution in [3.8, 4) is 17.2 Å². The van der Waals surface area contributed by atoms with Gasteiger partial charge in [0, 0.05) is 0 Å². The minimum atomic E-state index is -0.0338. The maximum atomic E-state index is 10.7. The number of halogens is 1. The first-order chi connectivity index (χ1) is 15.1. The number of benzene rings is 1. The van der Waals surface area contributed by atoms with Gasteiger partial charge in [-0.2, -0.15) is 0 Å². The molecule has 2 aromatic heterocycles. The highest BCUT2D eigenvalue weighted by atomic mass is 35.5. The fourth-order valence-corrected chi connectivity index (χ4v) is 3.67. The highest BCUT2D eigenvalue weighted by Crippen LogP contribution is 2.37. The van der Waals surface area contributed by atoms with Crippen LogP contribution in [-0.4, -0.2) is 50.9 Å². The van der Waals surface area contributed by atoms with Crippen molar-refractivity contribution in [1.82, 2.24) is 19.5 Å². The van der Waals surface area contributed by atoms with Crippen molar-refractivity contribution in [2.45, 2.75) is 6.92 Å². The van der Waals surface area contributed by atoms with Crippen LogP contribution in [0.25, 0.3) is 22.7 Å². The molecule has 1 unspecified atom stereocenters. The van der Waals surface area contributed by atoms with Crippen LogP contribution in [0.1, 0.15) is 12.7 Å². The van der Waals surface area contributed by atoms with Gasteiger partial charge in [-0.3, -0.25) is 4.57 Å². The summed E-state index contributed by atoms with van der Waals surface area (Å²) >= 11 is 6.29. The first-order valence-electron chi connectivity index (χ1n) is 9.26. The maximum Gasteiger partial charge on any atom is 0.223 e. The van der Waals surface area contributed by atoms with E-state index in [-0.39, 0.29) is 16.5 Å². The molecule has 1 atom stereocenters. The first-order valence-corrected chi connectivity index (χ1v) is 11.1. The van der Waals surface area contributed by atoms with Gasteiger partial charge in [-0.25, -0.2) is 19.9 Å². The van der Waals surface area contributed by atoms with Gasteiger partial charge in [0.1, 0.15) is 17.2 Å². The lowest BCUT2D eigenvalue weighted by Crippen LogP contribution is -2.07. The zero-order valence-corrected chi connectivity index (χ0v) is 18.7. The minimum absolute atomic E-state index is 0.0338. The Bertz CT molecular complexity index is 1310. The van der Waals surface area contributed by atoms with Gasteiger partial charge in [-0.15, -0.1) is 0 Å². The molecule has 1 aliphatic heterocycles. The smallest absolute Gasteiger partial charge is 0.223 e. The summed E-state index contributed by atoms with van der Waals surface area (Å²) < 4.78 is 12.6. The second-order valence-electron chi connectivity index (χ2n) is 6.13. The fraction of sp³-hybridized carbons (Fsp3) is 0.200. The van der Waals surface area contributed by atoms with Gasteiger partial charge < -0.3 is 19.7 Å². The molecule has 9 nitrogen and oxygen atoms in total. The van der Waals surface area contributed by atoms with Gasteiger partial charge in [0.25, 0.3) is 0 Å². The van der Waals surface area contributed by atoms with Gasteiger partial charge in [-0.05, 0) is 40.2 Å². The van der Waals surface area contributed by atoms with Crippen molar-refractivity contribution >= 4 is 49.0 Å². The van der Waals surface area contributed by atoms with Crippen LogP contribution in [-0.2, 0) is 4.74 Å². The third kappa shape index (κ3) is 3.88. The van der Waals surface area contributed by atoms with Gasteiger partial charge in [-0.1, -0.05) is 23.4 Å². The Morgan fingerprint density at radius 3 is 2.87 bits per heavy atom. The van der Waals surface area contributed by atoms with E-state index < -0.39 is 0 Å². The molecule has 0 spiro atoms. The molecule has 3 aromatic rings. The summed E-state index contributed by atoms with van der Waals surface area (Å²) in [6, 6.07) is 4.95. The predicted molar refractivity (Wildman–Crippen MR) is 122 cm³/mol. The number of aromatic nitrogens is 4. The van der Waals surface area contributed by atoms with Gasteiger partial charge >= 0.3 is 0 Å². The second-order valence-corrected chi connectivity index (χ2v) is 7.24. The zero-order valence-electron chi connectivity index (χ0n) is 16.9. The van der Waals surface area contributed by atoms with Crippen molar-refractivity contribution in [3.63, 3.8) is 0 Å². The number of nitrogens with one attached hydrogen (secondary N) is 1.